The summed E-state index contributed by atoms with van der Waals surface area (Å²) in [6.45, 7) is 4.50. The molecule has 0 saturated heterocycles. The van der Waals surface area contributed by atoms with Crippen LogP contribution in [0.3, 0.4) is 0 Å². The predicted molar refractivity (Wildman–Crippen MR) is 78.2 cm³/mol. The van der Waals surface area contributed by atoms with E-state index in [2.05, 4.69) is 19.9 Å². The van der Waals surface area contributed by atoms with Gasteiger partial charge in [-0.15, -0.1) is 0 Å². The molecule has 18 heavy (non-hydrogen) atoms. The van der Waals surface area contributed by atoms with Crippen molar-refractivity contribution in [2.45, 2.75) is 84.5 Å². The molecule has 0 aliphatic heterocycles. The Kier molecular flexibility index (Phi) is 8.14. The summed E-state index contributed by atoms with van der Waals surface area (Å²) in [5.41, 5.74) is 0. The second-order valence-corrected chi connectivity index (χ2v) is 6.06. The summed E-state index contributed by atoms with van der Waals surface area (Å²) < 4.78 is 0. The molecule has 0 aromatic rings. The topological polar surface area (TPSA) is 23.8 Å². The van der Waals surface area contributed by atoms with Crippen LogP contribution in [0.5, 0.6) is 0 Å². The van der Waals surface area contributed by atoms with E-state index in [1.165, 1.54) is 64.2 Å². The smallest absolute Gasteiger partial charge is 0.0658 e. The van der Waals surface area contributed by atoms with Gasteiger partial charge in [-0.25, -0.2) is 0 Å². The van der Waals surface area contributed by atoms with Crippen LogP contribution in [0.25, 0.3) is 0 Å². The van der Waals surface area contributed by atoms with E-state index >= 15 is 0 Å². The zero-order valence-corrected chi connectivity index (χ0v) is 12.5. The van der Waals surface area contributed by atoms with Crippen LogP contribution in [0.1, 0.15) is 84.5 Å². The Balaban J connectivity index is 0.000000269. The van der Waals surface area contributed by atoms with Gasteiger partial charge in [0.25, 0.3) is 0 Å². The van der Waals surface area contributed by atoms with Crippen molar-refractivity contribution in [3.63, 3.8) is 0 Å². The number of nitriles is 1. The minimum atomic E-state index is 0.360. The van der Waals surface area contributed by atoms with Crippen LogP contribution >= 0.6 is 0 Å². The van der Waals surface area contributed by atoms with Crippen molar-refractivity contribution in [2.24, 2.45) is 17.8 Å². The van der Waals surface area contributed by atoms with Gasteiger partial charge in [-0.2, -0.15) is 5.26 Å². The average molecular weight is 249 g/mol. The standard InChI is InChI=1S/C12H21N.C5H10/c1-3-6-12-10(4-2)7-5-8-11(12)9-13;1-2-4-5-3-1/h10-12H,3-8H2,1-2H3;1-5H2. The quantitative estimate of drug-likeness (QED) is 0.629. The zero-order valence-electron chi connectivity index (χ0n) is 12.5. The van der Waals surface area contributed by atoms with Crippen molar-refractivity contribution in [2.75, 3.05) is 0 Å². The molecule has 0 aromatic carbocycles. The van der Waals surface area contributed by atoms with Gasteiger partial charge in [0.05, 0.1) is 6.07 Å². The van der Waals surface area contributed by atoms with Crippen molar-refractivity contribution in [1.29, 1.82) is 5.26 Å². The molecule has 2 saturated carbocycles. The van der Waals surface area contributed by atoms with Crippen molar-refractivity contribution >= 4 is 0 Å². The first kappa shape index (κ1) is 15.5. The minimum absolute atomic E-state index is 0.360. The van der Waals surface area contributed by atoms with Crippen molar-refractivity contribution < 1.29 is 0 Å². The zero-order chi connectivity index (χ0) is 13.2. The summed E-state index contributed by atoms with van der Waals surface area (Å²) >= 11 is 0. The second-order valence-electron chi connectivity index (χ2n) is 6.06. The molecule has 0 aromatic heterocycles. The van der Waals surface area contributed by atoms with Crippen LogP contribution in [0.15, 0.2) is 0 Å². The van der Waals surface area contributed by atoms with E-state index in [0.29, 0.717) is 11.8 Å². The summed E-state index contributed by atoms with van der Waals surface area (Å²) in [6.07, 6.45) is 15.0. The third-order valence-electron chi connectivity index (χ3n) is 4.77. The first-order valence-electron chi connectivity index (χ1n) is 8.23. The van der Waals surface area contributed by atoms with Crippen molar-refractivity contribution in [3.05, 3.63) is 0 Å². The fourth-order valence-corrected chi connectivity index (χ4v) is 3.68. The highest BCUT2D eigenvalue weighted by atomic mass is 14.4. The van der Waals surface area contributed by atoms with Crippen LogP contribution in [0.2, 0.25) is 0 Å². The van der Waals surface area contributed by atoms with Gasteiger partial charge in [0, 0.05) is 5.92 Å². The maximum absolute atomic E-state index is 9.05. The van der Waals surface area contributed by atoms with E-state index in [1.54, 1.807) is 0 Å². The summed E-state index contributed by atoms with van der Waals surface area (Å²) in [7, 11) is 0. The van der Waals surface area contributed by atoms with Gasteiger partial charge in [0.15, 0.2) is 0 Å². The summed E-state index contributed by atoms with van der Waals surface area (Å²) in [4.78, 5) is 0. The third kappa shape index (κ3) is 5.01. The average Bonchev–Trinajstić information content (AvgIpc) is 2.98. The fourth-order valence-electron chi connectivity index (χ4n) is 3.68. The number of nitrogens with zero attached hydrogens (tertiary/aromatic N) is 1. The number of rotatable bonds is 3. The van der Waals surface area contributed by atoms with E-state index < -0.39 is 0 Å². The lowest BCUT2D eigenvalue weighted by Gasteiger charge is -2.34. The second kappa shape index (κ2) is 9.42. The first-order valence-corrected chi connectivity index (χ1v) is 8.23. The lowest BCUT2D eigenvalue weighted by molar-refractivity contribution is 0.171. The molecular weight excluding hydrogens is 218 g/mol. The third-order valence-corrected chi connectivity index (χ3v) is 4.77. The maximum atomic E-state index is 9.05. The summed E-state index contributed by atoms with van der Waals surface area (Å²) in [5.74, 6) is 1.89. The Labute approximate surface area is 114 Å². The van der Waals surface area contributed by atoms with Crippen LogP contribution in [-0.2, 0) is 0 Å². The minimum Gasteiger partial charge on any atom is -0.198 e. The monoisotopic (exact) mass is 249 g/mol. The summed E-state index contributed by atoms with van der Waals surface area (Å²) in [5, 5.41) is 9.05. The van der Waals surface area contributed by atoms with Crippen molar-refractivity contribution in [1.82, 2.24) is 0 Å². The molecule has 104 valence electrons. The Morgan fingerprint density at radius 1 is 0.944 bits per heavy atom. The molecule has 0 radical (unpaired) electrons. The highest BCUT2D eigenvalue weighted by Crippen LogP contribution is 2.38. The Hall–Kier alpha value is -0.510. The molecule has 1 heteroatoms. The molecular formula is C17H31N. The van der Waals surface area contributed by atoms with Crippen LogP contribution in [0, 0.1) is 29.1 Å². The van der Waals surface area contributed by atoms with Crippen LogP contribution in [0.4, 0.5) is 0 Å². The SMILES string of the molecule is C1CCCC1.CCCC1C(C#N)CCCC1CC. The van der Waals surface area contributed by atoms with Crippen LogP contribution < -0.4 is 0 Å². The number of hydrogen-bond acceptors (Lipinski definition) is 1. The predicted octanol–water partition coefficient (Wildman–Crippen LogP) is 5.70. The Bertz CT molecular complexity index is 229. The van der Waals surface area contributed by atoms with Gasteiger partial charge in [-0.1, -0.05) is 71.6 Å². The maximum Gasteiger partial charge on any atom is 0.0658 e. The molecule has 1 nitrogen and oxygen atoms in total. The Morgan fingerprint density at radius 2 is 1.56 bits per heavy atom. The molecule has 0 spiro atoms. The molecule has 3 atom stereocenters. The van der Waals surface area contributed by atoms with Gasteiger partial charge in [0.2, 0.25) is 0 Å². The molecule has 0 amide bonds. The van der Waals surface area contributed by atoms with Crippen LogP contribution in [-0.4, -0.2) is 0 Å². The molecule has 2 rings (SSSR count). The van der Waals surface area contributed by atoms with E-state index in [1.807, 2.05) is 0 Å². The Morgan fingerprint density at radius 3 is 2.00 bits per heavy atom. The molecule has 2 fully saturated rings. The molecule has 2 aliphatic carbocycles. The van der Waals surface area contributed by atoms with Gasteiger partial charge in [-0.05, 0) is 24.7 Å². The lowest BCUT2D eigenvalue weighted by atomic mass is 9.70. The molecule has 0 heterocycles. The number of hydrogen-bond donors (Lipinski definition) is 0. The largest absolute Gasteiger partial charge is 0.198 e. The van der Waals surface area contributed by atoms with Gasteiger partial charge >= 0.3 is 0 Å². The first-order chi connectivity index (χ1) is 8.83. The molecule has 0 bridgehead atoms. The van der Waals surface area contributed by atoms with Gasteiger partial charge in [-0.3, -0.25) is 0 Å². The fraction of sp³-hybridized carbons (Fsp3) is 0.941. The lowest BCUT2D eigenvalue weighted by Crippen LogP contribution is -2.27. The highest BCUT2D eigenvalue weighted by molar-refractivity contribution is 4.93. The van der Waals surface area contributed by atoms with Gasteiger partial charge < -0.3 is 0 Å². The van der Waals surface area contributed by atoms with Gasteiger partial charge in [0.1, 0.15) is 0 Å². The van der Waals surface area contributed by atoms with E-state index in [9.17, 15) is 0 Å². The van der Waals surface area contributed by atoms with Crippen molar-refractivity contribution in [3.8, 4) is 6.07 Å². The molecule has 0 N–H and O–H groups in total. The molecule has 2 aliphatic rings. The summed E-state index contributed by atoms with van der Waals surface area (Å²) in [6, 6.07) is 2.50. The van der Waals surface area contributed by atoms with E-state index in [4.69, 9.17) is 5.26 Å². The highest BCUT2D eigenvalue weighted by Gasteiger charge is 2.31. The van der Waals surface area contributed by atoms with E-state index in [-0.39, 0.29) is 0 Å². The normalized spacial score (nSPS) is 31.3. The molecule has 3 unspecified atom stereocenters. The van der Waals surface area contributed by atoms with E-state index in [0.717, 1.165) is 12.3 Å².